The minimum absolute atomic E-state index is 0.00272. The molecule has 2 aromatic carbocycles. The molecule has 5 unspecified atom stereocenters. The fourth-order valence-electron chi connectivity index (χ4n) is 5.95. The van der Waals surface area contributed by atoms with Crippen molar-refractivity contribution in [3.63, 3.8) is 0 Å². The number of nitrogens with two attached hydrogens (primary N) is 1. The largest absolute Gasteiger partial charge is 0.481 e. The molecule has 56 heavy (non-hydrogen) atoms. The lowest BCUT2D eigenvalue weighted by Crippen LogP contribution is -2.56. The van der Waals surface area contributed by atoms with Crippen molar-refractivity contribution in [2.24, 2.45) is 11.7 Å². The van der Waals surface area contributed by atoms with Crippen molar-refractivity contribution in [3.8, 4) is 0 Å². The number of carboxylic acids is 1. The zero-order valence-corrected chi connectivity index (χ0v) is 31.9. The molecule has 0 saturated carbocycles. The maximum absolute atomic E-state index is 14.1. The number of hydrogen-bond acceptors (Lipinski definition) is 10. The normalized spacial score (nSPS) is 16.5. The average Bonchev–Trinajstić information content (AvgIpc) is 3.61. The Morgan fingerprint density at radius 3 is 2.16 bits per heavy atom. The molecule has 1 saturated heterocycles. The molecule has 1 fully saturated rings. The number of carbonyl (C=O) groups is 8. The van der Waals surface area contributed by atoms with Crippen molar-refractivity contribution in [1.82, 2.24) is 26.2 Å². The van der Waals surface area contributed by atoms with Gasteiger partial charge in [0.1, 0.15) is 18.1 Å². The SMILES string of the molecule is CCCC(NC(=O)C1CC(OCc2ccccc2)CN1C(=O)C(CCCC(=O)O)NC(=O)OCC(C)C)C(=O)C(=O)NCC(=O)NC(C(N)=O)c1ccccc1. The van der Waals surface area contributed by atoms with Gasteiger partial charge < -0.3 is 46.5 Å². The monoisotopic (exact) mass is 780 g/mol. The molecule has 0 aromatic heterocycles. The van der Waals surface area contributed by atoms with Crippen LogP contribution in [-0.2, 0) is 49.6 Å². The van der Waals surface area contributed by atoms with E-state index in [0.29, 0.717) is 12.0 Å². The van der Waals surface area contributed by atoms with Crippen molar-refractivity contribution in [3.05, 3.63) is 71.8 Å². The molecule has 0 radical (unpaired) electrons. The van der Waals surface area contributed by atoms with E-state index >= 15 is 0 Å². The zero-order chi connectivity index (χ0) is 41.2. The van der Waals surface area contributed by atoms with E-state index in [4.69, 9.17) is 15.2 Å². The molecular formula is C39H52N6O11. The van der Waals surface area contributed by atoms with E-state index in [-0.39, 0.29) is 57.8 Å². The summed E-state index contributed by atoms with van der Waals surface area (Å²) in [5.41, 5.74) is 6.72. The summed E-state index contributed by atoms with van der Waals surface area (Å²) in [6.07, 6.45) is -1.44. The van der Waals surface area contributed by atoms with Crippen LogP contribution in [0.15, 0.2) is 60.7 Å². The third-order valence-corrected chi connectivity index (χ3v) is 8.76. The predicted molar refractivity (Wildman–Crippen MR) is 201 cm³/mol. The maximum Gasteiger partial charge on any atom is 0.407 e. The van der Waals surface area contributed by atoms with Gasteiger partial charge >= 0.3 is 12.1 Å². The Kier molecular flexibility index (Phi) is 17.9. The summed E-state index contributed by atoms with van der Waals surface area (Å²) in [5.74, 6) is -6.38. The highest BCUT2D eigenvalue weighted by atomic mass is 16.5. The molecular weight excluding hydrogens is 728 g/mol. The molecule has 304 valence electrons. The van der Waals surface area contributed by atoms with Gasteiger partial charge in [-0.3, -0.25) is 33.6 Å². The second-order valence-electron chi connectivity index (χ2n) is 13.8. The second-order valence-corrected chi connectivity index (χ2v) is 13.8. The van der Waals surface area contributed by atoms with Crippen LogP contribution in [0.25, 0.3) is 0 Å². The first-order valence-corrected chi connectivity index (χ1v) is 18.6. The van der Waals surface area contributed by atoms with Crippen molar-refractivity contribution in [2.75, 3.05) is 19.7 Å². The van der Waals surface area contributed by atoms with Crippen LogP contribution in [0, 0.1) is 5.92 Å². The molecule has 17 nitrogen and oxygen atoms in total. The zero-order valence-electron chi connectivity index (χ0n) is 31.9. The third-order valence-electron chi connectivity index (χ3n) is 8.76. The number of rotatable bonds is 22. The Bertz CT molecular complexity index is 1670. The van der Waals surface area contributed by atoms with Crippen LogP contribution in [0.1, 0.15) is 76.5 Å². The Hall–Kier alpha value is -5.84. The molecule has 0 aliphatic carbocycles. The molecule has 1 aliphatic heterocycles. The molecule has 3 rings (SSSR count). The van der Waals surface area contributed by atoms with Crippen molar-refractivity contribution in [1.29, 1.82) is 0 Å². The van der Waals surface area contributed by atoms with Crippen molar-refractivity contribution >= 4 is 47.4 Å². The number of carbonyl (C=O) groups excluding carboxylic acids is 7. The second kappa shape index (κ2) is 22.5. The van der Waals surface area contributed by atoms with E-state index in [2.05, 4.69) is 21.3 Å². The molecule has 6 amide bonds. The van der Waals surface area contributed by atoms with Gasteiger partial charge in [0.2, 0.25) is 29.4 Å². The van der Waals surface area contributed by atoms with Gasteiger partial charge in [-0.2, -0.15) is 0 Å². The van der Waals surface area contributed by atoms with Crippen LogP contribution in [0.4, 0.5) is 4.79 Å². The van der Waals surface area contributed by atoms with Gasteiger partial charge in [0.25, 0.3) is 5.91 Å². The smallest absolute Gasteiger partial charge is 0.407 e. The van der Waals surface area contributed by atoms with E-state index in [1.54, 1.807) is 37.3 Å². The molecule has 7 N–H and O–H groups in total. The van der Waals surface area contributed by atoms with Gasteiger partial charge in [-0.1, -0.05) is 87.9 Å². The Morgan fingerprint density at radius 2 is 1.55 bits per heavy atom. The highest BCUT2D eigenvalue weighted by molar-refractivity contribution is 6.38. The number of benzene rings is 2. The van der Waals surface area contributed by atoms with Crippen LogP contribution in [-0.4, -0.2) is 101 Å². The predicted octanol–water partition coefficient (Wildman–Crippen LogP) is 1.49. The summed E-state index contributed by atoms with van der Waals surface area (Å²) >= 11 is 0. The molecule has 0 spiro atoms. The van der Waals surface area contributed by atoms with Gasteiger partial charge in [-0.25, -0.2) is 4.79 Å². The van der Waals surface area contributed by atoms with Crippen LogP contribution in [0.5, 0.6) is 0 Å². The number of carboxylic acid groups (broad SMARTS) is 1. The van der Waals surface area contributed by atoms with Crippen LogP contribution in [0.2, 0.25) is 0 Å². The van der Waals surface area contributed by atoms with Gasteiger partial charge in [0.15, 0.2) is 0 Å². The van der Waals surface area contributed by atoms with Gasteiger partial charge in [0.05, 0.1) is 31.9 Å². The van der Waals surface area contributed by atoms with Gasteiger partial charge in [-0.15, -0.1) is 0 Å². The van der Waals surface area contributed by atoms with E-state index in [0.717, 1.165) is 5.56 Å². The molecule has 2 aromatic rings. The van der Waals surface area contributed by atoms with Gasteiger partial charge in [0, 0.05) is 19.4 Å². The number of alkyl carbamates (subject to hydrolysis) is 1. The fraction of sp³-hybridized carbons (Fsp3) is 0.487. The fourth-order valence-corrected chi connectivity index (χ4v) is 5.95. The minimum atomic E-state index is -1.34. The van der Waals surface area contributed by atoms with Crippen LogP contribution < -0.4 is 27.0 Å². The standard InChI is InChI=1S/C39H52N6O11/c1-4-12-28(34(49)37(52)41-20-31(46)44-33(35(40)50)26-15-9-6-10-16-26)42-36(51)30-19-27(55-23-25-13-7-5-8-14-25)21-45(30)38(53)29(17-11-18-32(47)48)43-39(54)56-22-24(2)3/h5-10,13-16,24,27-30,33H,4,11-12,17-23H2,1-3H3,(H2,40,50)(H,41,52)(H,42,51)(H,43,54)(H,44,46)(H,47,48). The first-order valence-electron chi connectivity index (χ1n) is 18.6. The molecule has 5 atom stereocenters. The Labute approximate surface area is 325 Å². The number of Topliss-reactive ketones (excluding diaryl/α,β-unsaturated/α-hetero) is 1. The molecule has 1 aliphatic rings. The molecule has 17 heteroatoms. The summed E-state index contributed by atoms with van der Waals surface area (Å²) < 4.78 is 11.3. The summed E-state index contributed by atoms with van der Waals surface area (Å²) in [6.45, 7) is 4.88. The van der Waals surface area contributed by atoms with E-state index in [9.17, 15) is 43.5 Å². The van der Waals surface area contributed by atoms with E-state index < -0.39 is 84.2 Å². The van der Waals surface area contributed by atoms with Crippen molar-refractivity contribution in [2.45, 2.75) is 96.2 Å². The molecule has 1 heterocycles. The number of primary amides is 1. The molecule has 0 bridgehead atoms. The summed E-state index contributed by atoms with van der Waals surface area (Å²) in [6, 6.07) is 12.4. The van der Waals surface area contributed by atoms with Gasteiger partial charge in [-0.05, 0) is 36.3 Å². The first-order chi connectivity index (χ1) is 26.7. The number of likely N-dealkylation sites (tertiary alicyclic amines) is 1. The van der Waals surface area contributed by atoms with Crippen molar-refractivity contribution < 1.29 is 52.9 Å². The number of amides is 6. The Morgan fingerprint density at radius 1 is 0.893 bits per heavy atom. The summed E-state index contributed by atoms with van der Waals surface area (Å²) in [7, 11) is 0. The van der Waals surface area contributed by atoms with E-state index in [1.807, 2.05) is 44.2 Å². The minimum Gasteiger partial charge on any atom is -0.481 e. The topological polar surface area (TPSA) is 253 Å². The Balaban J connectivity index is 1.76. The number of ketones is 1. The number of hydrogen-bond donors (Lipinski definition) is 6. The number of nitrogens with one attached hydrogen (secondary N) is 4. The lowest BCUT2D eigenvalue weighted by atomic mass is 10.0. The number of nitrogens with zero attached hydrogens (tertiary/aromatic N) is 1. The highest BCUT2D eigenvalue weighted by Crippen LogP contribution is 2.24. The number of ether oxygens (including phenoxy) is 2. The van der Waals surface area contributed by atoms with E-state index in [1.165, 1.54) is 4.90 Å². The lowest BCUT2D eigenvalue weighted by molar-refractivity contribution is -0.143. The quantitative estimate of drug-likeness (QED) is 0.0934. The highest BCUT2D eigenvalue weighted by Gasteiger charge is 2.43. The van der Waals surface area contributed by atoms with Crippen LogP contribution in [0.3, 0.4) is 0 Å². The third kappa shape index (κ3) is 14.4. The summed E-state index contributed by atoms with van der Waals surface area (Å²) in [4.78, 5) is 104. The average molecular weight is 781 g/mol. The number of aliphatic carboxylic acids is 1. The lowest BCUT2D eigenvalue weighted by Gasteiger charge is -2.29. The first kappa shape index (κ1) is 44.6. The van der Waals surface area contributed by atoms with Crippen LogP contribution >= 0.6 is 0 Å². The maximum atomic E-state index is 14.1. The summed E-state index contributed by atoms with van der Waals surface area (Å²) in [5, 5.41) is 19.0.